The van der Waals surface area contributed by atoms with Gasteiger partial charge in [0.15, 0.2) is 0 Å². The van der Waals surface area contributed by atoms with Gasteiger partial charge >= 0.3 is 0 Å². The molecular formula is C20H25N3O. The predicted molar refractivity (Wildman–Crippen MR) is 95.4 cm³/mol. The molecule has 0 saturated heterocycles. The summed E-state index contributed by atoms with van der Waals surface area (Å²) in [5, 5.41) is 0. The molecule has 0 radical (unpaired) electrons. The Hall–Kier alpha value is -1.94. The van der Waals surface area contributed by atoms with E-state index in [2.05, 4.69) is 9.88 Å². The molecule has 1 saturated carbocycles. The van der Waals surface area contributed by atoms with Gasteiger partial charge in [-0.15, -0.1) is 0 Å². The highest BCUT2D eigenvalue weighted by atomic mass is 16.1. The van der Waals surface area contributed by atoms with Crippen molar-refractivity contribution in [3.63, 3.8) is 0 Å². The van der Waals surface area contributed by atoms with Gasteiger partial charge in [-0.1, -0.05) is 12.1 Å². The molecule has 0 amide bonds. The van der Waals surface area contributed by atoms with Gasteiger partial charge in [0.05, 0.1) is 12.2 Å². The van der Waals surface area contributed by atoms with Crippen LogP contribution in [0, 0.1) is 12.8 Å². The lowest BCUT2D eigenvalue weighted by Crippen LogP contribution is -2.29. The predicted octanol–water partition coefficient (Wildman–Crippen LogP) is 2.41. The van der Waals surface area contributed by atoms with Crippen LogP contribution in [0.2, 0.25) is 0 Å². The minimum Gasteiger partial charge on any atom is -0.306 e. The molecule has 24 heavy (non-hydrogen) atoms. The van der Waals surface area contributed by atoms with Gasteiger partial charge in [0.2, 0.25) is 0 Å². The number of aromatic nitrogens is 2. The van der Waals surface area contributed by atoms with E-state index in [-0.39, 0.29) is 5.56 Å². The van der Waals surface area contributed by atoms with Crippen molar-refractivity contribution < 1.29 is 0 Å². The molecule has 4 heteroatoms. The van der Waals surface area contributed by atoms with Crippen LogP contribution < -0.4 is 5.56 Å². The third-order valence-electron chi connectivity index (χ3n) is 5.23. The fraction of sp³-hybridized carbons (Fsp3) is 0.500. The average Bonchev–Trinajstić information content (AvgIpc) is 3.39. The van der Waals surface area contributed by atoms with Crippen molar-refractivity contribution in [2.45, 2.75) is 39.2 Å². The van der Waals surface area contributed by atoms with E-state index in [1.165, 1.54) is 30.6 Å². The second kappa shape index (κ2) is 6.52. The summed E-state index contributed by atoms with van der Waals surface area (Å²) in [4.78, 5) is 19.6. The van der Waals surface area contributed by atoms with Gasteiger partial charge in [-0.3, -0.25) is 9.78 Å². The molecule has 0 unspecified atom stereocenters. The summed E-state index contributed by atoms with van der Waals surface area (Å²) in [6.07, 6.45) is 4.80. The molecule has 0 bridgehead atoms. The maximum absolute atomic E-state index is 12.5. The zero-order valence-corrected chi connectivity index (χ0v) is 14.4. The molecule has 4 rings (SSSR count). The Labute approximate surface area is 143 Å². The summed E-state index contributed by atoms with van der Waals surface area (Å²) in [6, 6.07) is 9.79. The summed E-state index contributed by atoms with van der Waals surface area (Å²) in [6.45, 7) is 5.98. The van der Waals surface area contributed by atoms with Crippen molar-refractivity contribution in [1.82, 2.24) is 14.5 Å². The first-order chi connectivity index (χ1) is 11.7. The van der Waals surface area contributed by atoms with Gasteiger partial charge in [-0.2, -0.15) is 0 Å². The lowest BCUT2D eigenvalue weighted by atomic mass is 10.1. The Bertz CT molecular complexity index is 792. The minimum atomic E-state index is 0.0905. The van der Waals surface area contributed by atoms with Crippen molar-refractivity contribution in [3.8, 4) is 0 Å². The van der Waals surface area contributed by atoms with Gasteiger partial charge in [-0.25, -0.2) is 0 Å². The first kappa shape index (κ1) is 15.6. The number of aryl methyl sites for hydroxylation is 1. The molecule has 0 aromatic carbocycles. The Balaban J connectivity index is 1.60. The maximum Gasteiger partial charge on any atom is 0.251 e. The number of pyridine rings is 2. The molecule has 0 spiro atoms. The Kier molecular flexibility index (Phi) is 4.23. The summed E-state index contributed by atoms with van der Waals surface area (Å²) >= 11 is 0. The molecule has 3 heterocycles. The van der Waals surface area contributed by atoms with Crippen LogP contribution in [0.4, 0.5) is 0 Å². The van der Waals surface area contributed by atoms with E-state index in [4.69, 9.17) is 0 Å². The van der Waals surface area contributed by atoms with Crippen LogP contribution in [0.15, 0.2) is 35.1 Å². The number of hydrogen-bond acceptors (Lipinski definition) is 3. The standard InChI is InChI=1S/C20H25N3O/c1-15-3-2-4-18(21-15)14-23-19-10-12-22(13-16-5-6-16)11-9-17(19)7-8-20(23)24/h2-4,7-8,16H,5-6,9-14H2,1H3. The Morgan fingerprint density at radius 2 is 1.96 bits per heavy atom. The van der Waals surface area contributed by atoms with Crippen LogP contribution in [0.5, 0.6) is 0 Å². The first-order valence-electron chi connectivity index (χ1n) is 9.05. The average molecular weight is 323 g/mol. The van der Waals surface area contributed by atoms with Gasteiger partial charge in [-0.05, 0) is 49.8 Å². The summed E-state index contributed by atoms with van der Waals surface area (Å²) in [7, 11) is 0. The lowest BCUT2D eigenvalue weighted by Gasteiger charge is -2.19. The van der Waals surface area contributed by atoms with E-state index in [9.17, 15) is 4.79 Å². The van der Waals surface area contributed by atoms with Gasteiger partial charge in [0.25, 0.3) is 5.56 Å². The summed E-state index contributed by atoms with van der Waals surface area (Å²) < 4.78 is 1.94. The van der Waals surface area contributed by atoms with E-state index < -0.39 is 0 Å². The van der Waals surface area contributed by atoms with Gasteiger partial charge in [0, 0.05) is 43.5 Å². The molecular weight excluding hydrogens is 298 g/mol. The highest BCUT2D eigenvalue weighted by Gasteiger charge is 2.26. The van der Waals surface area contributed by atoms with E-state index in [0.717, 1.165) is 43.2 Å². The second-order valence-corrected chi connectivity index (χ2v) is 7.24. The van der Waals surface area contributed by atoms with Crippen molar-refractivity contribution in [1.29, 1.82) is 0 Å². The number of hydrogen-bond donors (Lipinski definition) is 0. The highest BCUT2D eigenvalue weighted by Crippen LogP contribution is 2.30. The smallest absolute Gasteiger partial charge is 0.251 e. The van der Waals surface area contributed by atoms with Crippen LogP contribution in [0.3, 0.4) is 0 Å². The van der Waals surface area contributed by atoms with Crippen LogP contribution in [0.25, 0.3) is 0 Å². The molecule has 126 valence electrons. The monoisotopic (exact) mass is 323 g/mol. The van der Waals surface area contributed by atoms with Crippen molar-refractivity contribution in [2.75, 3.05) is 19.6 Å². The van der Waals surface area contributed by atoms with Crippen LogP contribution in [-0.2, 0) is 19.4 Å². The molecule has 2 aromatic rings. The largest absolute Gasteiger partial charge is 0.306 e. The van der Waals surface area contributed by atoms with E-state index >= 15 is 0 Å². The van der Waals surface area contributed by atoms with Gasteiger partial charge in [0.1, 0.15) is 0 Å². The quantitative estimate of drug-likeness (QED) is 0.867. The minimum absolute atomic E-state index is 0.0905. The Morgan fingerprint density at radius 1 is 1.12 bits per heavy atom. The second-order valence-electron chi connectivity index (χ2n) is 7.24. The van der Waals surface area contributed by atoms with E-state index in [0.29, 0.717) is 6.54 Å². The number of fused-ring (bicyclic) bond motifs is 1. The molecule has 0 N–H and O–H groups in total. The maximum atomic E-state index is 12.5. The SMILES string of the molecule is Cc1cccc(Cn2c3c(ccc2=O)CCN(CC2CC2)CC3)n1. The number of nitrogens with zero attached hydrogens (tertiary/aromatic N) is 3. The molecule has 0 atom stereocenters. The van der Waals surface area contributed by atoms with Crippen molar-refractivity contribution in [2.24, 2.45) is 5.92 Å². The molecule has 2 aliphatic rings. The summed E-state index contributed by atoms with van der Waals surface area (Å²) in [5.41, 5.74) is 4.60. The molecule has 1 aliphatic carbocycles. The third kappa shape index (κ3) is 3.44. The fourth-order valence-electron chi connectivity index (χ4n) is 3.71. The Morgan fingerprint density at radius 3 is 2.75 bits per heavy atom. The molecule has 2 aromatic heterocycles. The zero-order chi connectivity index (χ0) is 16.5. The van der Waals surface area contributed by atoms with Crippen LogP contribution in [-0.4, -0.2) is 34.1 Å². The van der Waals surface area contributed by atoms with Crippen molar-refractivity contribution in [3.05, 3.63) is 63.3 Å². The topological polar surface area (TPSA) is 38.1 Å². The molecule has 1 fully saturated rings. The zero-order valence-electron chi connectivity index (χ0n) is 14.4. The normalized spacial score (nSPS) is 18.2. The molecule has 1 aliphatic heterocycles. The lowest BCUT2D eigenvalue weighted by molar-refractivity contribution is 0.275. The van der Waals surface area contributed by atoms with Crippen LogP contribution in [0.1, 0.15) is 35.5 Å². The van der Waals surface area contributed by atoms with E-state index in [1.807, 2.05) is 35.8 Å². The van der Waals surface area contributed by atoms with Gasteiger partial charge < -0.3 is 9.47 Å². The number of rotatable bonds is 4. The molecule has 4 nitrogen and oxygen atoms in total. The first-order valence-corrected chi connectivity index (χ1v) is 9.05. The summed E-state index contributed by atoms with van der Waals surface area (Å²) in [5.74, 6) is 0.921. The third-order valence-corrected chi connectivity index (χ3v) is 5.23. The van der Waals surface area contributed by atoms with Crippen LogP contribution >= 0.6 is 0 Å². The fourth-order valence-corrected chi connectivity index (χ4v) is 3.71. The highest BCUT2D eigenvalue weighted by molar-refractivity contribution is 5.25. The van der Waals surface area contributed by atoms with E-state index in [1.54, 1.807) is 6.07 Å². The van der Waals surface area contributed by atoms with Crippen molar-refractivity contribution >= 4 is 0 Å².